The van der Waals surface area contributed by atoms with Crippen molar-refractivity contribution in [2.75, 3.05) is 5.52 Å². The van der Waals surface area contributed by atoms with Crippen LogP contribution in [0.2, 0.25) is 10.0 Å². The predicted molar refractivity (Wildman–Crippen MR) is 50.9 cm³/mol. The summed E-state index contributed by atoms with van der Waals surface area (Å²) < 4.78 is 5.12. The predicted octanol–water partition coefficient (Wildman–Crippen LogP) is 3.72. The van der Waals surface area contributed by atoms with E-state index in [1.807, 2.05) is 0 Å². The number of rotatable bonds is 2. The second kappa shape index (κ2) is 4.19. The van der Waals surface area contributed by atoms with Gasteiger partial charge in [-0.2, -0.15) is 0 Å². The molecule has 0 fully saturated rings. The van der Waals surface area contributed by atoms with Crippen molar-refractivity contribution in [2.45, 2.75) is 0 Å². The van der Waals surface area contributed by atoms with Crippen LogP contribution in [0.1, 0.15) is 0 Å². The summed E-state index contributed by atoms with van der Waals surface area (Å²) in [7, 11) is 0. The highest BCUT2D eigenvalue weighted by Gasteiger charge is 1.99. The highest BCUT2D eigenvalue weighted by Crippen LogP contribution is 2.27. The average molecular weight is 256 g/mol. The first-order valence-electron chi connectivity index (χ1n) is 2.88. The van der Waals surface area contributed by atoms with Crippen LogP contribution >= 0.6 is 39.1 Å². The SMILES string of the molecule is Clc1ccc(OCBr)c(Cl)c1. The van der Waals surface area contributed by atoms with E-state index < -0.39 is 0 Å². The Hall–Kier alpha value is 0.0800. The molecule has 1 nitrogen and oxygen atoms in total. The molecule has 0 aliphatic rings. The van der Waals surface area contributed by atoms with E-state index in [2.05, 4.69) is 15.9 Å². The summed E-state index contributed by atoms with van der Waals surface area (Å²) in [4.78, 5) is 0. The Balaban J connectivity index is 2.90. The Morgan fingerprint density at radius 3 is 2.64 bits per heavy atom. The van der Waals surface area contributed by atoms with E-state index in [-0.39, 0.29) is 0 Å². The van der Waals surface area contributed by atoms with Gasteiger partial charge in [0.15, 0.2) is 0 Å². The molecule has 1 rings (SSSR count). The number of ether oxygens (including phenoxy) is 1. The number of alkyl halides is 1. The molecule has 0 saturated heterocycles. The minimum Gasteiger partial charge on any atom is -0.481 e. The van der Waals surface area contributed by atoms with Gasteiger partial charge in [0.2, 0.25) is 0 Å². The molecule has 0 aromatic heterocycles. The number of hydrogen-bond acceptors (Lipinski definition) is 1. The van der Waals surface area contributed by atoms with Crippen molar-refractivity contribution < 1.29 is 4.74 Å². The third-order valence-corrected chi connectivity index (χ3v) is 1.86. The average Bonchev–Trinajstić information content (AvgIpc) is 1.95. The Morgan fingerprint density at radius 1 is 1.36 bits per heavy atom. The lowest BCUT2D eigenvalue weighted by Gasteiger charge is -2.03. The molecule has 4 heteroatoms. The van der Waals surface area contributed by atoms with Crippen molar-refractivity contribution in [1.82, 2.24) is 0 Å². The summed E-state index contributed by atoms with van der Waals surface area (Å²) in [6.07, 6.45) is 0. The van der Waals surface area contributed by atoms with E-state index in [9.17, 15) is 0 Å². The monoisotopic (exact) mass is 254 g/mol. The fourth-order valence-corrected chi connectivity index (χ4v) is 1.36. The minimum absolute atomic E-state index is 0.425. The molecule has 1 aromatic carbocycles. The topological polar surface area (TPSA) is 9.23 Å². The van der Waals surface area contributed by atoms with Crippen molar-refractivity contribution in [3.8, 4) is 5.75 Å². The van der Waals surface area contributed by atoms with Crippen LogP contribution in [-0.2, 0) is 0 Å². The molecule has 0 radical (unpaired) electrons. The van der Waals surface area contributed by atoms with Gasteiger partial charge >= 0.3 is 0 Å². The van der Waals surface area contributed by atoms with E-state index >= 15 is 0 Å². The van der Waals surface area contributed by atoms with Gasteiger partial charge in [-0.3, -0.25) is 0 Å². The first-order chi connectivity index (χ1) is 5.24. The summed E-state index contributed by atoms with van der Waals surface area (Å²) in [6.45, 7) is 0. The molecule has 0 bridgehead atoms. The zero-order chi connectivity index (χ0) is 8.27. The Kier molecular flexibility index (Phi) is 3.49. The summed E-state index contributed by atoms with van der Waals surface area (Å²) in [5.74, 6) is 0.632. The van der Waals surface area contributed by atoms with Gasteiger partial charge in [0.05, 0.1) is 5.02 Å². The second-order valence-corrected chi connectivity index (χ2v) is 3.13. The van der Waals surface area contributed by atoms with E-state index in [1.165, 1.54) is 0 Å². The van der Waals surface area contributed by atoms with E-state index in [1.54, 1.807) is 18.2 Å². The van der Waals surface area contributed by atoms with Crippen molar-refractivity contribution >= 4 is 39.1 Å². The van der Waals surface area contributed by atoms with Gasteiger partial charge in [-0.1, -0.05) is 23.2 Å². The lowest BCUT2D eigenvalue weighted by Crippen LogP contribution is -1.88. The van der Waals surface area contributed by atoms with Crippen molar-refractivity contribution in [1.29, 1.82) is 0 Å². The van der Waals surface area contributed by atoms with Crippen molar-refractivity contribution in [2.24, 2.45) is 0 Å². The summed E-state index contributed by atoms with van der Waals surface area (Å²) >= 11 is 14.6. The maximum Gasteiger partial charge on any atom is 0.143 e. The molecule has 0 spiro atoms. The molecule has 0 unspecified atom stereocenters. The first-order valence-corrected chi connectivity index (χ1v) is 4.75. The van der Waals surface area contributed by atoms with Crippen molar-refractivity contribution in [3.05, 3.63) is 28.2 Å². The zero-order valence-corrected chi connectivity index (χ0v) is 8.58. The molecule has 60 valence electrons. The van der Waals surface area contributed by atoms with Crippen LogP contribution in [0.5, 0.6) is 5.75 Å². The van der Waals surface area contributed by atoms with Gasteiger partial charge < -0.3 is 4.74 Å². The number of benzene rings is 1. The van der Waals surface area contributed by atoms with E-state index in [0.29, 0.717) is 21.3 Å². The van der Waals surface area contributed by atoms with Crippen molar-refractivity contribution in [3.63, 3.8) is 0 Å². The maximum absolute atomic E-state index is 5.78. The number of halogens is 3. The van der Waals surface area contributed by atoms with Gasteiger partial charge in [0, 0.05) is 5.02 Å². The quantitative estimate of drug-likeness (QED) is 0.732. The van der Waals surface area contributed by atoms with Crippen LogP contribution in [0.25, 0.3) is 0 Å². The van der Waals surface area contributed by atoms with Crippen LogP contribution < -0.4 is 4.74 Å². The summed E-state index contributed by atoms with van der Waals surface area (Å²) in [5.41, 5.74) is 0.425. The summed E-state index contributed by atoms with van der Waals surface area (Å²) in [5, 5.41) is 1.13. The molecule has 0 aliphatic heterocycles. The van der Waals surface area contributed by atoms with Crippen LogP contribution in [0.4, 0.5) is 0 Å². The molecule has 0 heterocycles. The first kappa shape index (κ1) is 9.17. The lowest BCUT2D eigenvalue weighted by atomic mass is 10.3. The van der Waals surface area contributed by atoms with Gasteiger partial charge in [-0.05, 0) is 34.1 Å². The molecule has 11 heavy (non-hydrogen) atoms. The van der Waals surface area contributed by atoms with Gasteiger partial charge in [-0.15, -0.1) is 0 Å². The highest BCUT2D eigenvalue weighted by molar-refractivity contribution is 9.09. The van der Waals surface area contributed by atoms with Gasteiger partial charge in [0.1, 0.15) is 11.3 Å². The lowest BCUT2D eigenvalue weighted by molar-refractivity contribution is 0.398. The molecule has 0 saturated carbocycles. The smallest absolute Gasteiger partial charge is 0.143 e. The Labute approximate surface area is 83.4 Å². The van der Waals surface area contributed by atoms with Crippen LogP contribution in [-0.4, -0.2) is 5.52 Å². The van der Waals surface area contributed by atoms with Gasteiger partial charge in [0.25, 0.3) is 0 Å². The fourth-order valence-electron chi connectivity index (χ4n) is 0.651. The second-order valence-electron chi connectivity index (χ2n) is 1.83. The maximum atomic E-state index is 5.78. The summed E-state index contributed by atoms with van der Waals surface area (Å²) in [6, 6.07) is 5.10. The minimum atomic E-state index is 0.425. The normalized spacial score (nSPS) is 9.73. The number of hydrogen-bond donors (Lipinski definition) is 0. The largest absolute Gasteiger partial charge is 0.481 e. The molecule has 0 N–H and O–H groups in total. The molecule has 0 aliphatic carbocycles. The molecule has 0 amide bonds. The Bertz CT molecular complexity index is 252. The third kappa shape index (κ3) is 2.55. The molecule has 0 atom stereocenters. The van der Waals surface area contributed by atoms with Crippen LogP contribution in [0.15, 0.2) is 18.2 Å². The van der Waals surface area contributed by atoms with E-state index in [0.717, 1.165) is 0 Å². The fraction of sp³-hybridized carbons (Fsp3) is 0.143. The standard InChI is InChI=1S/C7H5BrCl2O/c8-4-11-7-2-1-5(9)3-6(7)10/h1-3H,4H2. The van der Waals surface area contributed by atoms with Crippen LogP contribution in [0, 0.1) is 0 Å². The van der Waals surface area contributed by atoms with Gasteiger partial charge in [-0.25, -0.2) is 0 Å². The molecular weight excluding hydrogens is 251 g/mol. The van der Waals surface area contributed by atoms with E-state index in [4.69, 9.17) is 27.9 Å². The third-order valence-electron chi connectivity index (χ3n) is 1.10. The molecular formula is C7H5BrCl2O. The highest BCUT2D eigenvalue weighted by atomic mass is 79.9. The zero-order valence-electron chi connectivity index (χ0n) is 5.48. The van der Waals surface area contributed by atoms with Crippen LogP contribution in [0.3, 0.4) is 0 Å². The molecule has 1 aromatic rings. The Morgan fingerprint density at radius 2 is 2.09 bits per heavy atom.